The molecule has 4 heteroatoms. The molecule has 0 radical (unpaired) electrons. The minimum Gasteiger partial charge on any atom is -0.396 e. The van der Waals surface area contributed by atoms with Gasteiger partial charge < -0.3 is 15.1 Å². The third-order valence-corrected chi connectivity index (χ3v) is 3.01. The minimum atomic E-state index is -0.258. The van der Waals surface area contributed by atoms with Crippen molar-refractivity contribution in [2.45, 2.75) is 38.7 Å². The van der Waals surface area contributed by atoms with Crippen LogP contribution in [-0.2, 0) is 4.79 Å². The number of amides is 1. The Morgan fingerprint density at radius 3 is 2.80 bits per heavy atom. The van der Waals surface area contributed by atoms with Crippen molar-refractivity contribution in [3.8, 4) is 0 Å². The van der Waals surface area contributed by atoms with Gasteiger partial charge in [0.1, 0.15) is 0 Å². The van der Waals surface area contributed by atoms with E-state index in [0.717, 1.165) is 6.42 Å². The monoisotopic (exact) mass is 215 g/mol. The number of hydrogen-bond acceptors (Lipinski definition) is 3. The normalized spacial score (nSPS) is 26.7. The zero-order valence-corrected chi connectivity index (χ0v) is 9.35. The van der Waals surface area contributed by atoms with Crippen LogP contribution in [-0.4, -0.2) is 46.8 Å². The topological polar surface area (TPSA) is 60.8 Å². The maximum absolute atomic E-state index is 11.7. The maximum Gasteiger partial charge on any atom is 0.222 e. The number of hydrogen-bond donors (Lipinski definition) is 2. The molecule has 1 aliphatic heterocycles. The number of piperidine rings is 1. The van der Waals surface area contributed by atoms with Crippen LogP contribution >= 0.6 is 0 Å². The summed E-state index contributed by atoms with van der Waals surface area (Å²) < 4.78 is 0. The molecule has 1 heterocycles. The van der Waals surface area contributed by atoms with Crippen LogP contribution in [0.5, 0.6) is 0 Å². The van der Waals surface area contributed by atoms with Crippen molar-refractivity contribution in [2.75, 3.05) is 19.7 Å². The highest BCUT2D eigenvalue weighted by Gasteiger charge is 2.26. The van der Waals surface area contributed by atoms with Gasteiger partial charge in [-0.1, -0.05) is 6.92 Å². The molecule has 0 aromatic carbocycles. The average Bonchev–Trinajstić information content (AvgIpc) is 2.22. The number of rotatable bonds is 4. The van der Waals surface area contributed by atoms with Crippen molar-refractivity contribution in [3.05, 3.63) is 0 Å². The van der Waals surface area contributed by atoms with Gasteiger partial charge in [0, 0.05) is 26.1 Å². The number of aliphatic hydroxyl groups excluding tert-OH is 2. The van der Waals surface area contributed by atoms with E-state index in [1.165, 1.54) is 0 Å². The predicted molar refractivity (Wildman–Crippen MR) is 57.3 cm³/mol. The van der Waals surface area contributed by atoms with Crippen molar-refractivity contribution < 1.29 is 15.0 Å². The number of aliphatic hydroxyl groups is 2. The molecular weight excluding hydrogens is 194 g/mol. The molecule has 4 nitrogen and oxygen atoms in total. The fourth-order valence-corrected chi connectivity index (χ4v) is 1.91. The van der Waals surface area contributed by atoms with Crippen molar-refractivity contribution in [1.82, 2.24) is 4.90 Å². The number of unbranched alkanes of at least 4 members (excludes halogenated alkanes) is 1. The highest BCUT2D eigenvalue weighted by molar-refractivity contribution is 5.76. The summed E-state index contributed by atoms with van der Waals surface area (Å²) in [5.41, 5.74) is 0. The first-order valence-electron chi connectivity index (χ1n) is 5.72. The van der Waals surface area contributed by atoms with Gasteiger partial charge in [-0.15, -0.1) is 0 Å². The Bertz CT molecular complexity index is 208. The van der Waals surface area contributed by atoms with E-state index in [0.29, 0.717) is 32.4 Å². The van der Waals surface area contributed by atoms with E-state index in [1.807, 2.05) is 11.8 Å². The van der Waals surface area contributed by atoms with Crippen LogP contribution in [0.15, 0.2) is 0 Å². The van der Waals surface area contributed by atoms with E-state index in [2.05, 4.69) is 0 Å². The molecule has 0 saturated carbocycles. The summed E-state index contributed by atoms with van der Waals surface area (Å²) in [4.78, 5) is 13.5. The van der Waals surface area contributed by atoms with Crippen LogP contribution in [0, 0.1) is 5.92 Å². The molecule has 1 amide bonds. The summed E-state index contributed by atoms with van der Waals surface area (Å²) in [6, 6.07) is 0. The van der Waals surface area contributed by atoms with Gasteiger partial charge in [0.15, 0.2) is 0 Å². The van der Waals surface area contributed by atoms with E-state index in [1.54, 1.807) is 0 Å². The second kappa shape index (κ2) is 6.08. The van der Waals surface area contributed by atoms with Crippen LogP contribution in [0.25, 0.3) is 0 Å². The maximum atomic E-state index is 11.7. The lowest BCUT2D eigenvalue weighted by atomic mass is 9.96. The first kappa shape index (κ1) is 12.5. The van der Waals surface area contributed by atoms with Gasteiger partial charge in [0.25, 0.3) is 0 Å². The summed E-state index contributed by atoms with van der Waals surface area (Å²) >= 11 is 0. The molecule has 0 aromatic heterocycles. The van der Waals surface area contributed by atoms with E-state index in [4.69, 9.17) is 5.11 Å². The molecule has 88 valence electrons. The van der Waals surface area contributed by atoms with Gasteiger partial charge in [-0.05, 0) is 25.2 Å². The SMILES string of the molecule is CC1CN(C(=O)CCCCO)CCC1O. The number of carbonyl (C=O) groups excluding carboxylic acids is 1. The van der Waals surface area contributed by atoms with Crippen LogP contribution in [0.3, 0.4) is 0 Å². The highest BCUT2D eigenvalue weighted by atomic mass is 16.3. The summed E-state index contributed by atoms with van der Waals surface area (Å²) in [5, 5.41) is 18.1. The summed E-state index contributed by atoms with van der Waals surface area (Å²) in [6.07, 6.45) is 2.39. The number of nitrogens with zero attached hydrogens (tertiary/aromatic N) is 1. The first-order chi connectivity index (χ1) is 7.15. The second-order valence-corrected chi connectivity index (χ2v) is 4.35. The van der Waals surface area contributed by atoms with E-state index >= 15 is 0 Å². The third-order valence-electron chi connectivity index (χ3n) is 3.01. The van der Waals surface area contributed by atoms with E-state index in [9.17, 15) is 9.90 Å². The highest BCUT2D eigenvalue weighted by Crippen LogP contribution is 2.17. The molecule has 0 bridgehead atoms. The Balaban J connectivity index is 2.28. The molecule has 1 aliphatic rings. The molecular formula is C11H21NO3. The molecule has 2 atom stereocenters. The Hall–Kier alpha value is -0.610. The van der Waals surface area contributed by atoms with Gasteiger partial charge in [-0.2, -0.15) is 0 Å². The minimum absolute atomic E-state index is 0.155. The molecule has 1 fully saturated rings. The molecule has 2 N–H and O–H groups in total. The molecule has 0 spiro atoms. The fourth-order valence-electron chi connectivity index (χ4n) is 1.91. The fraction of sp³-hybridized carbons (Fsp3) is 0.909. The van der Waals surface area contributed by atoms with E-state index < -0.39 is 0 Å². The number of carbonyl (C=O) groups is 1. The van der Waals surface area contributed by atoms with Crippen molar-refractivity contribution >= 4 is 5.91 Å². The zero-order chi connectivity index (χ0) is 11.3. The van der Waals surface area contributed by atoms with Gasteiger partial charge in [0.2, 0.25) is 5.91 Å². The average molecular weight is 215 g/mol. The number of likely N-dealkylation sites (tertiary alicyclic amines) is 1. The summed E-state index contributed by atoms with van der Waals surface area (Å²) in [6.45, 7) is 3.46. The van der Waals surface area contributed by atoms with Crippen molar-refractivity contribution in [1.29, 1.82) is 0 Å². The molecule has 0 aromatic rings. The lowest BCUT2D eigenvalue weighted by Crippen LogP contribution is -2.44. The predicted octanol–water partition coefficient (Wildman–Crippen LogP) is 0.378. The summed E-state index contributed by atoms with van der Waals surface area (Å²) in [5.74, 6) is 0.336. The quantitative estimate of drug-likeness (QED) is 0.666. The second-order valence-electron chi connectivity index (χ2n) is 4.35. The van der Waals surface area contributed by atoms with Gasteiger partial charge in [0.05, 0.1) is 6.10 Å². The molecule has 0 aliphatic carbocycles. The standard InChI is InChI=1S/C11H21NO3/c1-9-8-12(6-5-10(9)14)11(15)4-2-3-7-13/h9-10,13-14H,2-8H2,1H3. The van der Waals surface area contributed by atoms with Gasteiger partial charge in [-0.25, -0.2) is 0 Å². The Kier molecular flexibility index (Phi) is 5.05. The van der Waals surface area contributed by atoms with Gasteiger partial charge >= 0.3 is 0 Å². The zero-order valence-electron chi connectivity index (χ0n) is 9.35. The largest absolute Gasteiger partial charge is 0.396 e. The van der Waals surface area contributed by atoms with E-state index in [-0.39, 0.29) is 24.5 Å². The van der Waals surface area contributed by atoms with Crippen LogP contribution < -0.4 is 0 Å². The Labute approximate surface area is 90.9 Å². The van der Waals surface area contributed by atoms with Gasteiger partial charge in [-0.3, -0.25) is 4.79 Å². The third kappa shape index (κ3) is 3.80. The van der Waals surface area contributed by atoms with Crippen molar-refractivity contribution in [2.24, 2.45) is 5.92 Å². The smallest absolute Gasteiger partial charge is 0.222 e. The molecule has 15 heavy (non-hydrogen) atoms. The van der Waals surface area contributed by atoms with Crippen LogP contribution in [0.1, 0.15) is 32.6 Å². The lowest BCUT2D eigenvalue weighted by Gasteiger charge is -2.34. The molecule has 1 rings (SSSR count). The first-order valence-corrected chi connectivity index (χ1v) is 5.72. The van der Waals surface area contributed by atoms with Crippen molar-refractivity contribution in [3.63, 3.8) is 0 Å². The lowest BCUT2D eigenvalue weighted by molar-refractivity contribution is -0.134. The van der Waals surface area contributed by atoms with Crippen LogP contribution in [0.2, 0.25) is 0 Å². The summed E-state index contributed by atoms with van der Waals surface area (Å²) in [7, 11) is 0. The Morgan fingerprint density at radius 2 is 2.20 bits per heavy atom. The van der Waals surface area contributed by atoms with Crippen LogP contribution in [0.4, 0.5) is 0 Å². The molecule has 2 unspecified atom stereocenters. The molecule has 1 saturated heterocycles. The Morgan fingerprint density at radius 1 is 1.47 bits per heavy atom.